The normalized spacial score (nSPS) is 10.3. The number of carbonyl (C=O) groups excluding carboxylic acids is 2. The van der Waals surface area contributed by atoms with Crippen LogP contribution in [-0.2, 0) is 11.3 Å². The van der Waals surface area contributed by atoms with Gasteiger partial charge >= 0.3 is 0 Å². The summed E-state index contributed by atoms with van der Waals surface area (Å²) >= 11 is 11.8. The molecule has 0 bridgehead atoms. The Balaban J connectivity index is 2.25. The number of primary amides is 1. The van der Waals surface area contributed by atoms with Crippen molar-refractivity contribution in [2.24, 2.45) is 5.73 Å². The van der Waals surface area contributed by atoms with Gasteiger partial charge in [0.15, 0.2) is 0 Å². The Labute approximate surface area is 138 Å². The molecule has 6 heteroatoms. The molecule has 114 valence electrons. The van der Waals surface area contributed by atoms with Crippen LogP contribution in [0, 0.1) is 0 Å². The van der Waals surface area contributed by atoms with E-state index < -0.39 is 5.91 Å². The number of hydrogen-bond acceptors (Lipinski definition) is 2. The fourth-order valence-corrected chi connectivity index (χ4v) is 2.30. The van der Waals surface area contributed by atoms with Gasteiger partial charge in [-0.25, -0.2) is 0 Å². The molecule has 22 heavy (non-hydrogen) atoms. The molecule has 0 aliphatic heterocycles. The summed E-state index contributed by atoms with van der Waals surface area (Å²) in [7, 11) is 0. The van der Waals surface area contributed by atoms with Gasteiger partial charge in [-0.1, -0.05) is 53.5 Å². The lowest BCUT2D eigenvalue weighted by molar-refractivity contribution is -0.118. The van der Waals surface area contributed by atoms with Gasteiger partial charge in [-0.05, 0) is 23.8 Å². The monoisotopic (exact) mass is 336 g/mol. The van der Waals surface area contributed by atoms with Crippen LogP contribution in [0.15, 0.2) is 48.5 Å². The molecular weight excluding hydrogens is 323 g/mol. The summed E-state index contributed by atoms with van der Waals surface area (Å²) in [6.45, 7) is 0.108. The van der Waals surface area contributed by atoms with E-state index in [4.69, 9.17) is 28.9 Å². The van der Waals surface area contributed by atoms with E-state index in [2.05, 4.69) is 0 Å². The molecule has 0 fully saturated rings. The zero-order valence-corrected chi connectivity index (χ0v) is 13.1. The van der Waals surface area contributed by atoms with Crippen molar-refractivity contribution in [3.8, 4) is 0 Å². The number of nitrogens with zero attached hydrogens (tertiary/aromatic N) is 1. The van der Waals surface area contributed by atoms with Crippen LogP contribution < -0.4 is 5.73 Å². The van der Waals surface area contributed by atoms with Gasteiger partial charge in [-0.2, -0.15) is 0 Å². The first-order valence-corrected chi connectivity index (χ1v) is 7.29. The van der Waals surface area contributed by atoms with Crippen molar-refractivity contribution in [3.05, 3.63) is 69.7 Å². The Morgan fingerprint density at radius 1 is 1.00 bits per heavy atom. The van der Waals surface area contributed by atoms with Gasteiger partial charge in [-0.3, -0.25) is 9.59 Å². The number of amides is 2. The van der Waals surface area contributed by atoms with Crippen LogP contribution in [0.3, 0.4) is 0 Å². The maximum atomic E-state index is 12.6. The minimum absolute atomic E-state index is 0.173. The van der Waals surface area contributed by atoms with E-state index in [0.717, 1.165) is 5.56 Å². The van der Waals surface area contributed by atoms with Crippen LogP contribution in [0.2, 0.25) is 10.0 Å². The predicted molar refractivity (Wildman–Crippen MR) is 86.8 cm³/mol. The highest BCUT2D eigenvalue weighted by molar-refractivity contribution is 6.42. The van der Waals surface area contributed by atoms with Crippen molar-refractivity contribution in [3.63, 3.8) is 0 Å². The van der Waals surface area contributed by atoms with Crippen molar-refractivity contribution >= 4 is 35.0 Å². The minimum Gasteiger partial charge on any atom is -0.368 e. The number of nitrogens with two attached hydrogens (primary N) is 1. The van der Waals surface area contributed by atoms with Crippen molar-refractivity contribution in [2.75, 3.05) is 6.54 Å². The van der Waals surface area contributed by atoms with Crippen LogP contribution in [0.5, 0.6) is 0 Å². The SMILES string of the molecule is NC(=O)CN(Cc1ccccc1)C(=O)c1ccc(Cl)c(Cl)c1. The quantitative estimate of drug-likeness (QED) is 0.911. The van der Waals surface area contributed by atoms with Gasteiger partial charge in [0.25, 0.3) is 5.91 Å². The molecule has 2 N–H and O–H groups in total. The van der Waals surface area contributed by atoms with E-state index in [0.29, 0.717) is 10.6 Å². The van der Waals surface area contributed by atoms with Crippen LogP contribution in [-0.4, -0.2) is 23.3 Å². The average molecular weight is 337 g/mol. The van der Waals surface area contributed by atoms with E-state index in [1.165, 1.54) is 11.0 Å². The molecule has 0 saturated carbocycles. The van der Waals surface area contributed by atoms with Gasteiger partial charge in [-0.15, -0.1) is 0 Å². The highest BCUT2D eigenvalue weighted by atomic mass is 35.5. The number of rotatable bonds is 5. The molecule has 2 aromatic carbocycles. The smallest absolute Gasteiger partial charge is 0.254 e. The Kier molecular flexibility index (Phi) is 5.41. The van der Waals surface area contributed by atoms with E-state index in [9.17, 15) is 9.59 Å². The Morgan fingerprint density at radius 3 is 2.27 bits per heavy atom. The maximum Gasteiger partial charge on any atom is 0.254 e. The molecule has 0 unspecified atom stereocenters. The molecule has 0 aliphatic carbocycles. The molecule has 0 spiro atoms. The zero-order chi connectivity index (χ0) is 16.1. The standard InChI is InChI=1S/C16H14Cl2N2O2/c17-13-7-6-12(8-14(13)18)16(22)20(10-15(19)21)9-11-4-2-1-3-5-11/h1-8H,9-10H2,(H2,19,21). The molecule has 2 rings (SSSR count). The summed E-state index contributed by atoms with van der Waals surface area (Å²) in [5.41, 5.74) is 6.49. The molecular formula is C16H14Cl2N2O2. The molecule has 0 aromatic heterocycles. The minimum atomic E-state index is -0.579. The summed E-state index contributed by atoms with van der Waals surface area (Å²) in [5.74, 6) is -0.912. The molecule has 2 amide bonds. The summed E-state index contributed by atoms with van der Waals surface area (Å²) < 4.78 is 0. The fraction of sp³-hybridized carbons (Fsp3) is 0.125. The average Bonchev–Trinajstić information content (AvgIpc) is 2.49. The number of halogens is 2. The molecule has 0 saturated heterocycles. The van der Waals surface area contributed by atoms with Gasteiger partial charge in [0.1, 0.15) is 0 Å². The second kappa shape index (κ2) is 7.29. The van der Waals surface area contributed by atoms with Gasteiger partial charge < -0.3 is 10.6 Å². The van der Waals surface area contributed by atoms with Crippen LogP contribution in [0.4, 0.5) is 0 Å². The van der Waals surface area contributed by atoms with Crippen LogP contribution in [0.1, 0.15) is 15.9 Å². The number of carbonyl (C=O) groups is 2. The molecule has 0 radical (unpaired) electrons. The largest absolute Gasteiger partial charge is 0.368 e. The molecule has 4 nitrogen and oxygen atoms in total. The third-order valence-corrected chi connectivity index (χ3v) is 3.76. The first kappa shape index (κ1) is 16.3. The first-order valence-electron chi connectivity index (χ1n) is 6.54. The third-order valence-electron chi connectivity index (χ3n) is 3.02. The second-order valence-electron chi connectivity index (χ2n) is 4.74. The maximum absolute atomic E-state index is 12.6. The Bertz CT molecular complexity index is 690. The highest BCUT2D eigenvalue weighted by Crippen LogP contribution is 2.23. The summed E-state index contributed by atoms with van der Waals surface area (Å²) in [6, 6.07) is 13.9. The lowest BCUT2D eigenvalue weighted by atomic mass is 10.1. The molecule has 2 aromatic rings. The van der Waals surface area contributed by atoms with Gasteiger partial charge in [0, 0.05) is 12.1 Å². The lowest BCUT2D eigenvalue weighted by Crippen LogP contribution is -2.38. The third kappa shape index (κ3) is 4.23. The van der Waals surface area contributed by atoms with Crippen molar-refractivity contribution in [2.45, 2.75) is 6.54 Å². The molecule has 0 atom stereocenters. The van der Waals surface area contributed by atoms with Crippen molar-refractivity contribution in [1.29, 1.82) is 0 Å². The van der Waals surface area contributed by atoms with Crippen LogP contribution in [0.25, 0.3) is 0 Å². The number of benzene rings is 2. The molecule has 0 aliphatic rings. The van der Waals surface area contributed by atoms with E-state index >= 15 is 0 Å². The Morgan fingerprint density at radius 2 is 1.68 bits per heavy atom. The Hall–Kier alpha value is -2.04. The fourth-order valence-electron chi connectivity index (χ4n) is 2.00. The van der Waals surface area contributed by atoms with E-state index in [1.807, 2.05) is 30.3 Å². The summed E-state index contributed by atoms with van der Waals surface area (Å²) in [6.07, 6.45) is 0. The second-order valence-corrected chi connectivity index (χ2v) is 5.56. The van der Waals surface area contributed by atoms with Gasteiger partial charge in [0.2, 0.25) is 5.91 Å². The van der Waals surface area contributed by atoms with E-state index in [1.54, 1.807) is 12.1 Å². The van der Waals surface area contributed by atoms with Gasteiger partial charge in [0.05, 0.1) is 16.6 Å². The first-order chi connectivity index (χ1) is 10.5. The lowest BCUT2D eigenvalue weighted by Gasteiger charge is -2.21. The predicted octanol–water partition coefficient (Wildman–Crippen LogP) is 3.12. The summed E-state index contributed by atoms with van der Waals surface area (Å²) in [5, 5.41) is 0.647. The summed E-state index contributed by atoms with van der Waals surface area (Å²) in [4.78, 5) is 25.2. The van der Waals surface area contributed by atoms with Crippen molar-refractivity contribution in [1.82, 2.24) is 4.90 Å². The van der Waals surface area contributed by atoms with Crippen molar-refractivity contribution < 1.29 is 9.59 Å². The number of hydrogen-bond donors (Lipinski definition) is 1. The zero-order valence-electron chi connectivity index (χ0n) is 11.6. The molecule has 0 heterocycles. The topological polar surface area (TPSA) is 63.4 Å². The highest BCUT2D eigenvalue weighted by Gasteiger charge is 2.19. The van der Waals surface area contributed by atoms with Crippen LogP contribution >= 0.6 is 23.2 Å². The van der Waals surface area contributed by atoms with E-state index in [-0.39, 0.29) is 24.0 Å².